The number of aromatic nitrogens is 2. The summed E-state index contributed by atoms with van der Waals surface area (Å²) in [5.41, 5.74) is 4.35. The molecule has 0 spiro atoms. The molecule has 4 nitrogen and oxygen atoms in total. The van der Waals surface area contributed by atoms with Gasteiger partial charge in [-0.15, -0.1) is 46.3 Å². The Labute approximate surface area is 336 Å². The Morgan fingerprint density at radius 1 is 0.904 bits per heavy atom. The molecule has 1 radical (unpaired) electrons. The quantitative estimate of drug-likeness (QED) is 0.0844. The van der Waals surface area contributed by atoms with Gasteiger partial charge in [0.25, 0.3) is 0 Å². The van der Waals surface area contributed by atoms with Crippen LogP contribution in [0.1, 0.15) is 118 Å². The maximum Gasteiger partial charge on any atom is 0.164 e. The number of ketones is 1. The number of hydrogen-bond acceptors (Lipinski definition) is 7. The van der Waals surface area contributed by atoms with Crippen molar-refractivity contribution < 1.29 is 30.0 Å². The number of aliphatic hydroxyl groups is 1. The summed E-state index contributed by atoms with van der Waals surface area (Å²) in [6.45, 7) is 25.8. The van der Waals surface area contributed by atoms with Crippen molar-refractivity contribution >= 4 is 80.3 Å². The van der Waals surface area contributed by atoms with Gasteiger partial charge in [0.1, 0.15) is 16.9 Å². The first-order valence-corrected chi connectivity index (χ1v) is 21.0. The molecule has 0 saturated heterocycles. The average Bonchev–Trinajstić information content (AvgIpc) is 3.80. The normalized spacial score (nSPS) is 12.9. The summed E-state index contributed by atoms with van der Waals surface area (Å²) in [6, 6.07) is 13.0. The van der Waals surface area contributed by atoms with Crippen LogP contribution in [0.2, 0.25) is 0 Å². The fourth-order valence-corrected chi connectivity index (χ4v) is 9.95. The van der Waals surface area contributed by atoms with Gasteiger partial charge in [-0.25, -0.2) is 4.98 Å². The van der Waals surface area contributed by atoms with Crippen LogP contribution < -0.4 is 0 Å². The number of nitrogens with zero attached hydrogens (tertiary/aromatic N) is 2. The van der Waals surface area contributed by atoms with Crippen molar-refractivity contribution in [3.63, 3.8) is 0 Å². The van der Waals surface area contributed by atoms with E-state index in [1.807, 2.05) is 52.9 Å². The van der Waals surface area contributed by atoms with E-state index >= 15 is 0 Å². The minimum Gasteiger partial charge on any atom is -0.512 e. The molecule has 2 aromatic carbocycles. The van der Waals surface area contributed by atoms with Crippen LogP contribution in [0.3, 0.4) is 0 Å². The van der Waals surface area contributed by atoms with Crippen LogP contribution in [0.5, 0.6) is 0 Å². The topological polar surface area (TPSA) is 63.1 Å². The van der Waals surface area contributed by atoms with Crippen molar-refractivity contribution in [2.75, 3.05) is 0 Å². The average molecular weight is 932 g/mol. The van der Waals surface area contributed by atoms with Gasteiger partial charge >= 0.3 is 0 Å². The zero-order valence-corrected chi connectivity index (χ0v) is 37.8. The summed E-state index contributed by atoms with van der Waals surface area (Å²) >= 11 is 5.49. The number of rotatable bonds is 10. The molecule has 0 aliphatic rings. The molecule has 4 heterocycles. The van der Waals surface area contributed by atoms with E-state index in [9.17, 15) is 9.90 Å². The molecule has 0 fully saturated rings. The van der Waals surface area contributed by atoms with Gasteiger partial charge in [0.2, 0.25) is 0 Å². The van der Waals surface area contributed by atoms with Gasteiger partial charge in [0.05, 0.1) is 0 Å². The van der Waals surface area contributed by atoms with Gasteiger partial charge in [0.15, 0.2) is 5.78 Å². The van der Waals surface area contributed by atoms with E-state index in [0.29, 0.717) is 5.92 Å². The number of carbonyl (C=O) groups is 1. The van der Waals surface area contributed by atoms with E-state index in [1.54, 1.807) is 29.0 Å². The van der Waals surface area contributed by atoms with Crippen molar-refractivity contribution in [1.82, 2.24) is 9.97 Å². The number of fused-ring (bicyclic) bond motifs is 5. The van der Waals surface area contributed by atoms with Crippen molar-refractivity contribution in [1.29, 1.82) is 0 Å². The van der Waals surface area contributed by atoms with Crippen LogP contribution in [0.15, 0.2) is 47.8 Å². The van der Waals surface area contributed by atoms with Crippen LogP contribution in [0.4, 0.5) is 0 Å². The molecule has 6 aromatic rings. The Bertz CT molecular complexity index is 2220. The molecule has 0 bridgehead atoms. The van der Waals surface area contributed by atoms with Gasteiger partial charge in [0, 0.05) is 62.4 Å². The minimum atomic E-state index is -0.337. The molecule has 0 saturated carbocycles. The van der Waals surface area contributed by atoms with Crippen molar-refractivity contribution in [3.05, 3.63) is 69.9 Å². The Kier molecular flexibility index (Phi) is 13.4. The number of benzene rings is 2. The molecular weight excluding hydrogens is 877 g/mol. The van der Waals surface area contributed by atoms with Crippen LogP contribution >= 0.6 is 34.0 Å². The molecule has 0 aliphatic heterocycles. The van der Waals surface area contributed by atoms with Crippen LogP contribution in [-0.2, 0) is 36.7 Å². The van der Waals surface area contributed by atoms with Crippen molar-refractivity contribution in [2.24, 2.45) is 16.7 Å². The Morgan fingerprint density at radius 3 is 2.13 bits per heavy atom. The third-order valence-corrected chi connectivity index (χ3v) is 14.2. The first kappa shape index (κ1) is 42.3. The van der Waals surface area contributed by atoms with E-state index in [2.05, 4.69) is 77.3 Å². The molecule has 1 N–H and O–H groups in total. The monoisotopic (exact) mass is 932 g/mol. The van der Waals surface area contributed by atoms with E-state index in [4.69, 9.17) is 9.97 Å². The van der Waals surface area contributed by atoms with Crippen LogP contribution in [-0.4, -0.2) is 20.9 Å². The predicted octanol–water partition coefficient (Wildman–Crippen LogP) is 14.2. The second-order valence-electron chi connectivity index (χ2n) is 16.0. The number of carbonyl (C=O) groups excluding carboxylic acids is 1. The summed E-state index contributed by atoms with van der Waals surface area (Å²) < 4.78 is 3.99. The fraction of sp³-hybridized carbons (Fsp3) is 0.477. The smallest absolute Gasteiger partial charge is 0.164 e. The standard InChI is InChI=1S/C29H27N2S3.C15H28O2.Ir/c1-15(2)9-19-16(3)33-23-13-24-21(12-20(19)23)25-26(30-14-31-28(25)34-24)18-10-17-7-8-32-27(17)22(11-18)29(4,5)6;1-7-14(5,8-2)12(16)11-13(17)15(6,9-3)10-4;/h7-8,11-15H,9H2,1-6H3;11,16H,7-10H2,1-6H3;/q-1;;/b;12-11-;. The first-order chi connectivity index (χ1) is 24.0. The number of aryl methyl sites for hydroxylation is 1. The van der Waals surface area contributed by atoms with Gasteiger partial charge in [-0.2, -0.15) is 11.3 Å². The molecule has 0 aliphatic carbocycles. The molecule has 0 atom stereocenters. The molecule has 52 heavy (non-hydrogen) atoms. The Balaban J connectivity index is 0.000000289. The summed E-state index contributed by atoms with van der Waals surface area (Å²) in [5.74, 6) is 0.918. The van der Waals surface area contributed by atoms with Gasteiger partial charge < -0.3 is 5.11 Å². The zero-order chi connectivity index (χ0) is 37.5. The van der Waals surface area contributed by atoms with Crippen LogP contribution in [0, 0.1) is 29.7 Å². The number of allylic oxidation sites excluding steroid dienone is 2. The SMILES string of the molecule is CCC(C)(CC)C(=O)/C=C(\O)C(C)(CC)CC.Cc1sc2cc3sc4ncnc(-c5[c-]c6ccsc6c(C(C)(C)C)c5)c4c3cc2c1CC(C)C.[Ir]. The van der Waals surface area contributed by atoms with Gasteiger partial charge in [-0.1, -0.05) is 87.3 Å². The van der Waals surface area contributed by atoms with E-state index in [0.717, 1.165) is 53.6 Å². The molecule has 6 rings (SSSR count). The maximum atomic E-state index is 12.2. The predicted molar refractivity (Wildman–Crippen MR) is 225 cm³/mol. The largest absolute Gasteiger partial charge is 0.512 e. The maximum absolute atomic E-state index is 12.2. The molecule has 8 heteroatoms. The fourth-order valence-electron chi connectivity index (χ4n) is 6.61. The Hall–Kier alpha value is -2.48. The molecule has 0 unspecified atom stereocenters. The number of hydrogen-bond donors (Lipinski definition) is 1. The summed E-state index contributed by atoms with van der Waals surface area (Å²) in [6.07, 6.45) is 7.58. The number of thiophene rings is 3. The summed E-state index contributed by atoms with van der Waals surface area (Å²) in [5, 5.41) is 17.3. The van der Waals surface area contributed by atoms with Crippen molar-refractivity contribution in [2.45, 2.75) is 121 Å². The third kappa shape index (κ3) is 8.27. The third-order valence-electron chi connectivity index (χ3n) is 11.1. The van der Waals surface area contributed by atoms with E-state index in [1.165, 1.54) is 52.3 Å². The van der Waals surface area contributed by atoms with Gasteiger partial charge in [-0.05, 0) is 88.9 Å². The van der Waals surface area contributed by atoms with Crippen molar-refractivity contribution in [3.8, 4) is 11.3 Å². The van der Waals surface area contributed by atoms with Gasteiger partial charge in [-0.3, -0.25) is 9.78 Å². The first-order valence-electron chi connectivity index (χ1n) is 18.5. The Morgan fingerprint density at radius 2 is 1.54 bits per heavy atom. The minimum absolute atomic E-state index is 0. The molecule has 0 amide bonds. The molecule has 281 valence electrons. The molecular formula is C44H55IrN2O2S3-. The second kappa shape index (κ2) is 16.5. The second-order valence-corrected chi connectivity index (χ2v) is 19.2. The summed E-state index contributed by atoms with van der Waals surface area (Å²) in [7, 11) is 0. The van der Waals surface area contributed by atoms with E-state index < -0.39 is 0 Å². The summed E-state index contributed by atoms with van der Waals surface area (Å²) in [4.78, 5) is 24.2. The zero-order valence-electron chi connectivity index (χ0n) is 33.0. The van der Waals surface area contributed by atoms with E-state index in [-0.39, 0.29) is 47.9 Å². The number of aliphatic hydroxyl groups excluding tert-OH is 1. The van der Waals surface area contributed by atoms with Crippen LogP contribution in [0.25, 0.3) is 51.7 Å². The molecule has 4 aromatic heterocycles.